The number of phenols is 1. The number of carboxylic acid groups (broad SMARTS) is 4. The first-order valence-electron chi connectivity index (χ1n) is 13.7. The Balaban J connectivity index is 1.70. The topological polar surface area (TPSA) is 249 Å². The Bertz CT molecular complexity index is 1940. The molecule has 0 aliphatic carbocycles. The molecule has 0 bridgehead atoms. The minimum Gasteiger partial charge on any atom is -0.507 e. The molecular formula is C30H26F2N4O12. The molecule has 0 aliphatic heterocycles. The van der Waals surface area contributed by atoms with E-state index in [4.69, 9.17) is 14.6 Å². The van der Waals surface area contributed by atoms with Crippen molar-refractivity contribution in [2.24, 2.45) is 0 Å². The Morgan fingerprint density at radius 2 is 1.58 bits per heavy atom. The quantitative estimate of drug-likeness (QED) is 0.0839. The third-order valence-corrected chi connectivity index (χ3v) is 6.62. The van der Waals surface area contributed by atoms with Crippen molar-refractivity contribution in [3.05, 3.63) is 76.1 Å². The van der Waals surface area contributed by atoms with E-state index in [1.807, 2.05) is 0 Å². The van der Waals surface area contributed by atoms with Crippen LogP contribution in [0, 0.1) is 11.6 Å². The van der Waals surface area contributed by atoms with Gasteiger partial charge in [-0.05, 0) is 36.4 Å². The summed E-state index contributed by atoms with van der Waals surface area (Å²) in [7, 11) is 0. The molecule has 4 aromatic rings. The second kappa shape index (κ2) is 14.9. The second-order valence-electron chi connectivity index (χ2n) is 9.93. The highest BCUT2D eigenvalue weighted by molar-refractivity contribution is 5.83. The highest BCUT2D eigenvalue weighted by Gasteiger charge is 2.28. The summed E-state index contributed by atoms with van der Waals surface area (Å²) in [6.07, 6.45) is 0. The number of hydrogen-bond donors (Lipinski definition) is 7. The molecule has 3 aromatic carbocycles. The number of nitrogens with one attached hydrogen (secondary N) is 2. The number of aromatic amines is 1. The van der Waals surface area contributed by atoms with Crippen LogP contribution in [0.2, 0.25) is 0 Å². The van der Waals surface area contributed by atoms with Crippen LogP contribution >= 0.6 is 0 Å². The van der Waals surface area contributed by atoms with E-state index < -0.39 is 97.1 Å². The van der Waals surface area contributed by atoms with Gasteiger partial charge in [0.25, 0.3) is 5.56 Å². The standard InChI is InChI=1S/C30H26F2N4O12/c31-17-5-6-19(36(12-23(40)41)13-24(42)43)27(25(17)32)48-8-7-47-21-10-15(28-34-18-4-2-1-3-14(18)29(44)35-28)20(37)9-16(21)26(30(45)46)33-11-22(38)39/h1-6,9-10,26,33,37H,7-8,11-13H2,(H,38,39)(H,40,41)(H,42,43)(H,45,46)(H,34,35,44). The molecule has 1 unspecified atom stereocenters. The van der Waals surface area contributed by atoms with Crippen molar-refractivity contribution in [3.63, 3.8) is 0 Å². The maximum absolute atomic E-state index is 14.8. The zero-order valence-electron chi connectivity index (χ0n) is 24.5. The first-order chi connectivity index (χ1) is 22.8. The minimum atomic E-state index is -1.76. The molecule has 0 fully saturated rings. The molecule has 16 nitrogen and oxygen atoms in total. The van der Waals surface area contributed by atoms with E-state index in [2.05, 4.69) is 15.3 Å². The van der Waals surface area contributed by atoms with E-state index in [-0.39, 0.29) is 33.6 Å². The normalized spacial score (nSPS) is 11.5. The first-order valence-corrected chi connectivity index (χ1v) is 13.7. The van der Waals surface area contributed by atoms with Gasteiger partial charge in [0.15, 0.2) is 11.6 Å². The van der Waals surface area contributed by atoms with Gasteiger partial charge in [0.05, 0.1) is 28.7 Å². The Kier molecular flexibility index (Phi) is 10.7. The van der Waals surface area contributed by atoms with Crippen LogP contribution in [0.5, 0.6) is 17.2 Å². The Hall–Kier alpha value is -6.30. The fourth-order valence-electron chi connectivity index (χ4n) is 4.61. The second-order valence-corrected chi connectivity index (χ2v) is 9.93. The summed E-state index contributed by atoms with van der Waals surface area (Å²) in [5.74, 6) is -10.7. The van der Waals surface area contributed by atoms with E-state index in [1.165, 1.54) is 6.07 Å². The van der Waals surface area contributed by atoms with Crippen LogP contribution in [0.25, 0.3) is 22.3 Å². The number of hydrogen-bond acceptors (Lipinski definition) is 11. The van der Waals surface area contributed by atoms with Gasteiger partial charge in [0, 0.05) is 5.56 Å². The number of carboxylic acids is 4. The fourth-order valence-corrected chi connectivity index (χ4v) is 4.61. The van der Waals surface area contributed by atoms with E-state index in [0.29, 0.717) is 6.07 Å². The molecular weight excluding hydrogens is 646 g/mol. The number of H-pyrrole nitrogens is 1. The van der Waals surface area contributed by atoms with E-state index >= 15 is 0 Å². The van der Waals surface area contributed by atoms with Crippen LogP contribution in [0.3, 0.4) is 0 Å². The molecule has 48 heavy (non-hydrogen) atoms. The zero-order valence-corrected chi connectivity index (χ0v) is 24.5. The van der Waals surface area contributed by atoms with Gasteiger partial charge in [-0.3, -0.25) is 29.3 Å². The lowest BCUT2D eigenvalue weighted by Crippen LogP contribution is -2.35. The summed E-state index contributed by atoms with van der Waals surface area (Å²) in [6.45, 7) is -3.78. The van der Waals surface area contributed by atoms with Crippen molar-refractivity contribution in [1.29, 1.82) is 0 Å². The molecule has 0 saturated heterocycles. The number of halogens is 2. The van der Waals surface area contributed by atoms with Crippen molar-refractivity contribution in [2.45, 2.75) is 6.04 Å². The van der Waals surface area contributed by atoms with E-state index in [9.17, 15) is 53.2 Å². The summed E-state index contributed by atoms with van der Waals surface area (Å²) < 4.78 is 40.0. The zero-order chi connectivity index (χ0) is 35.1. The number of aromatic hydroxyl groups is 1. The number of ether oxygens (including phenoxy) is 2. The van der Waals surface area contributed by atoms with Gasteiger partial charge in [-0.1, -0.05) is 12.1 Å². The van der Waals surface area contributed by atoms with Crippen LogP contribution in [-0.4, -0.2) is 92.2 Å². The molecule has 7 N–H and O–H groups in total. The number of anilines is 1. The number of fused-ring (bicyclic) bond motifs is 1. The average molecular weight is 673 g/mol. The lowest BCUT2D eigenvalue weighted by Gasteiger charge is -2.24. The predicted molar refractivity (Wildman–Crippen MR) is 160 cm³/mol. The summed E-state index contributed by atoms with van der Waals surface area (Å²) in [6, 6.07) is 8.18. The van der Waals surface area contributed by atoms with Gasteiger partial charge in [0.2, 0.25) is 5.82 Å². The van der Waals surface area contributed by atoms with Crippen LogP contribution in [-0.2, 0) is 19.2 Å². The van der Waals surface area contributed by atoms with Gasteiger partial charge < -0.3 is 44.9 Å². The molecule has 0 radical (unpaired) electrons. The highest BCUT2D eigenvalue weighted by Crippen LogP contribution is 2.38. The number of carbonyl (C=O) groups is 4. The monoisotopic (exact) mass is 672 g/mol. The minimum absolute atomic E-state index is 0.128. The van der Waals surface area contributed by atoms with Crippen molar-refractivity contribution in [3.8, 4) is 28.6 Å². The van der Waals surface area contributed by atoms with Crippen LogP contribution in [0.1, 0.15) is 11.6 Å². The number of aromatic nitrogens is 2. The van der Waals surface area contributed by atoms with Crippen molar-refractivity contribution >= 4 is 40.5 Å². The summed E-state index contributed by atoms with van der Waals surface area (Å²) >= 11 is 0. The molecule has 0 spiro atoms. The number of benzene rings is 3. The van der Waals surface area contributed by atoms with Crippen molar-refractivity contribution < 1.29 is 63.0 Å². The van der Waals surface area contributed by atoms with Gasteiger partial charge in [0.1, 0.15) is 49.7 Å². The Labute approximate surface area is 267 Å². The molecule has 1 atom stereocenters. The number of aliphatic carboxylic acids is 4. The van der Waals surface area contributed by atoms with Crippen LogP contribution < -0.4 is 25.2 Å². The number of phenolic OH excluding ortho intramolecular Hbond substituents is 1. The van der Waals surface area contributed by atoms with Gasteiger partial charge in [-0.25, -0.2) is 9.37 Å². The highest BCUT2D eigenvalue weighted by atomic mass is 19.2. The molecule has 0 saturated carbocycles. The molecule has 252 valence electrons. The van der Waals surface area contributed by atoms with Crippen LogP contribution in [0.4, 0.5) is 14.5 Å². The predicted octanol–water partition coefficient (Wildman–Crippen LogP) is 1.81. The van der Waals surface area contributed by atoms with Gasteiger partial charge in [-0.15, -0.1) is 0 Å². The molecule has 0 amide bonds. The van der Waals surface area contributed by atoms with E-state index in [1.54, 1.807) is 18.2 Å². The van der Waals surface area contributed by atoms with Crippen molar-refractivity contribution in [1.82, 2.24) is 15.3 Å². The number of nitrogens with zero attached hydrogens (tertiary/aromatic N) is 2. The maximum Gasteiger partial charge on any atom is 0.325 e. The Morgan fingerprint density at radius 3 is 2.23 bits per heavy atom. The molecule has 1 heterocycles. The molecule has 1 aromatic heterocycles. The summed E-state index contributed by atoms with van der Waals surface area (Å²) in [5, 5.41) is 50.7. The smallest absolute Gasteiger partial charge is 0.325 e. The lowest BCUT2D eigenvalue weighted by molar-refractivity contribution is -0.141. The van der Waals surface area contributed by atoms with Crippen LogP contribution in [0.15, 0.2) is 53.3 Å². The molecule has 18 heteroatoms. The number of para-hydroxylation sites is 1. The SMILES string of the molecule is O=C(O)CNC(C(=O)O)c1cc(O)c(-c2nc3ccccc3c(=O)[nH]2)cc1OCCOc1c(N(CC(=O)O)CC(=O)O)ccc(F)c1F. The first kappa shape index (κ1) is 34.6. The number of rotatable bonds is 16. The molecule has 0 aliphatic rings. The lowest BCUT2D eigenvalue weighted by atomic mass is 10.0. The largest absolute Gasteiger partial charge is 0.507 e. The summed E-state index contributed by atoms with van der Waals surface area (Å²) in [4.78, 5) is 66.1. The fraction of sp³-hybridized carbons (Fsp3) is 0.200. The average Bonchev–Trinajstić information content (AvgIpc) is 3.01. The third-order valence-electron chi connectivity index (χ3n) is 6.62. The van der Waals surface area contributed by atoms with Crippen molar-refractivity contribution in [2.75, 3.05) is 37.7 Å². The van der Waals surface area contributed by atoms with Gasteiger partial charge >= 0.3 is 23.9 Å². The van der Waals surface area contributed by atoms with E-state index in [0.717, 1.165) is 23.1 Å². The third kappa shape index (κ3) is 8.10. The molecule has 4 rings (SSSR count). The summed E-state index contributed by atoms with van der Waals surface area (Å²) in [5.41, 5.74) is -1.11. The Morgan fingerprint density at radius 1 is 0.917 bits per heavy atom. The van der Waals surface area contributed by atoms with Gasteiger partial charge in [-0.2, -0.15) is 4.39 Å². The maximum atomic E-state index is 14.8.